The second kappa shape index (κ2) is 12.9. The van der Waals surface area contributed by atoms with Gasteiger partial charge in [-0.05, 0) is 70.8 Å². The minimum atomic E-state index is 0. The predicted octanol–water partition coefficient (Wildman–Crippen LogP) is 11.1. The van der Waals surface area contributed by atoms with Gasteiger partial charge in [-0.1, -0.05) is 121 Å². The quantitative estimate of drug-likeness (QED) is 0.183. The zero-order valence-electron chi connectivity index (χ0n) is 26.4. The molecule has 0 saturated heterocycles. The first-order valence-electron chi connectivity index (χ1n) is 16.2. The van der Waals surface area contributed by atoms with Crippen molar-refractivity contribution in [1.82, 2.24) is 19.9 Å². The molecule has 0 fully saturated rings. The number of rotatable bonds is 4. The van der Waals surface area contributed by atoms with Crippen molar-refractivity contribution < 1.29 is 17.1 Å². The van der Waals surface area contributed by atoms with E-state index in [1.807, 2.05) is 0 Å². The largest absolute Gasteiger partial charge is 0.355 e. The van der Waals surface area contributed by atoms with Crippen molar-refractivity contribution >= 4 is 45.9 Å². The molecule has 7 aromatic rings. The van der Waals surface area contributed by atoms with Crippen molar-refractivity contribution in [2.24, 2.45) is 0 Å². The van der Waals surface area contributed by atoms with Gasteiger partial charge in [-0.25, -0.2) is 9.97 Å². The minimum Gasteiger partial charge on any atom is -0.355 e. The standard InChI is InChI=1S/C44H30N4.Mn/c1-5-13-29(14-6-1)38-27-37-26-35-22-21-33(45-35)25-34-23-24-36(46-34)28-39-40(30-15-7-2-8-16-30)41(31-17-9-3-10-18-31)44(48-39)42(43(38)47-37)32-19-11-4-12-20-32;/h1-28,45,48H;. The van der Waals surface area contributed by atoms with Gasteiger partial charge < -0.3 is 9.97 Å². The van der Waals surface area contributed by atoms with Crippen LogP contribution < -0.4 is 0 Å². The summed E-state index contributed by atoms with van der Waals surface area (Å²) in [6, 6.07) is 53.0. The maximum atomic E-state index is 5.42. The van der Waals surface area contributed by atoms with Crippen LogP contribution in [-0.2, 0) is 17.1 Å². The van der Waals surface area contributed by atoms with Crippen molar-refractivity contribution in [2.75, 3.05) is 0 Å². The van der Waals surface area contributed by atoms with Crippen LogP contribution in [0.2, 0.25) is 0 Å². The summed E-state index contributed by atoms with van der Waals surface area (Å²) in [5.74, 6) is 0. The molecule has 2 aliphatic heterocycles. The van der Waals surface area contributed by atoms with Crippen LogP contribution in [0.4, 0.5) is 0 Å². The first-order chi connectivity index (χ1) is 23.8. The number of nitrogens with one attached hydrogen (secondary N) is 2. The number of benzene rings is 4. The summed E-state index contributed by atoms with van der Waals surface area (Å²) in [7, 11) is 0. The van der Waals surface area contributed by atoms with Crippen LogP contribution in [0.25, 0.3) is 79.2 Å². The molecule has 0 amide bonds. The van der Waals surface area contributed by atoms with Gasteiger partial charge >= 0.3 is 0 Å². The van der Waals surface area contributed by atoms with Crippen LogP contribution in [-0.4, -0.2) is 19.9 Å². The number of H-pyrrole nitrogens is 2. The second-order valence-corrected chi connectivity index (χ2v) is 12.0. The number of fused-ring (bicyclic) bond motifs is 8. The summed E-state index contributed by atoms with van der Waals surface area (Å²) in [5, 5.41) is 0. The van der Waals surface area contributed by atoms with Crippen molar-refractivity contribution in [3.05, 3.63) is 180 Å². The molecule has 4 nitrogen and oxygen atoms in total. The van der Waals surface area contributed by atoms with E-state index in [1.54, 1.807) is 0 Å². The third-order valence-corrected chi connectivity index (χ3v) is 8.89. The molecule has 4 aromatic carbocycles. The molecule has 2 N–H and O–H groups in total. The van der Waals surface area contributed by atoms with E-state index in [0.717, 1.165) is 89.4 Å². The molecule has 2 aliphatic rings. The molecular formula is C44H30MnN4. The van der Waals surface area contributed by atoms with Crippen molar-refractivity contribution in [3.63, 3.8) is 0 Å². The summed E-state index contributed by atoms with van der Waals surface area (Å²) in [4.78, 5) is 17.9. The van der Waals surface area contributed by atoms with Crippen LogP contribution >= 0.6 is 0 Å². The van der Waals surface area contributed by atoms with Crippen LogP contribution in [0.15, 0.2) is 152 Å². The SMILES string of the molecule is C1=Cc2cc3[nH]c(c(-c4ccccc4)c4nc(cc5ccc(cc1n2)[nH]5)C=C4c1ccccc1)c(-c1ccccc1)c3-c1ccccc1.[Mn]. The van der Waals surface area contributed by atoms with Crippen molar-refractivity contribution in [1.29, 1.82) is 0 Å². The van der Waals surface area contributed by atoms with E-state index in [9.17, 15) is 0 Å². The Morgan fingerprint density at radius 1 is 0.408 bits per heavy atom. The summed E-state index contributed by atoms with van der Waals surface area (Å²) in [6.07, 6.45) is 6.35. The third kappa shape index (κ3) is 5.76. The van der Waals surface area contributed by atoms with Gasteiger partial charge in [-0.3, -0.25) is 0 Å². The molecule has 49 heavy (non-hydrogen) atoms. The summed E-state index contributed by atoms with van der Waals surface area (Å²) in [5.41, 5.74) is 16.3. The van der Waals surface area contributed by atoms with Gasteiger partial charge in [-0.15, -0.1) is 0 Å². The summed E-state index contributed by atoms with van der Waals surface area (Å²) >= 11 is 0. The predicted molar refractivity (Wildman–Crippen MR) is 200 cm³/mol. The molecule has 5 heterocycles. The summed E-state index contributed by atoms with van der Waals surface area (Å²) in [6.45, 7) is 0. The Kier molecular flexibility index (Phi) is 7.98. The molecule has 0 unspecified atom stereocenters. The van der Waals surface area contributed by atoms with E-state index in [4.69, 9.17) is 9.97 Å². The molecule has 233 valence electrons. The van der Waals surface area contributed by atoms with Gasteiger partial charge in [-0.2, -0.15) is 0 Å². The minimum absolute atomic E-state index is 0. The Hall–Kier alpha value is -6.00. The maximum Gasteiger partial charge on any atom is 0.0815 e. The van der Waals surface area contributed by atoms with E-state index in [-0.39, 0.29) is 17.1 Å². The molecule has 0 saturated carbocycles. The Labute approximate surface area is 295 Å². The van der Waals surface area contributed by atoms with E-state index in [1.165, 1.54) is 0 Å². The topological polar surface area (TPSA) is 57.4 Å². The number of hydrogen-bond donors (Lipinski definition) is 2. The van der Waals surface area contributed by atoms with Crippen LogP contribution in [0.5, 0.6) is 0 Å². The fourth-order valence-electron chi connectivity index (χ4n) is 6.78. The first kappa shape index (κ1) is 30.3. The van der Waals surface area contributed by atoms with E-state index < -0.39 is 0 Å². The fraction of sp³-hybridized carbons (Fsp3) is 0. The number of hydrogen-bond acceptors (Lipinski definition) is 2. The zero-order chi connectivity index (χ0) is 31.9. The third-order valence-electron chi connectivity index (χ3n) is 8.89. The second-order valence-electron chi connectivity index (χ2n) is 12.0. The normalized spacial score (nSPS) is 12.0. The molecule has 0 aliphatic carbocycles. The molecular weight excluding hydrogens is 639 g/mol. The van der Waals surface area contributed by atoms with Gasteiger partial charge in [0.15, 0.2) is 0 Å². The molecule has 0 atom stereocenters. The maximum absolute atomic E-state index is 5.42. The smallest absolute Gasteiger partial charge is 0.0815 e. The van der Waals surface area contributed by atoms with E-state index in [0.29, 0.717) is 0 Å². The molecule has 0 spiro atoms. The van der Waals surface area contributed by atoms with E-state index >= 15 is 0 Å². The average Bonchev–Trinajstić information content (AvgIpc) is 3.94. The van der Waals surface area contributed by atoms with Crippen LogP contribution in [0.1, 0.15) is 28.3 Å². The van der Waals surface area contributed by atoms with Gasteiger partial charge in [0.05, 0.1) is 28.3 Å². The molecule has 1 radical (unpaired) electrons. The zero-order valence-corrected chi connectivity index (χ0v) is 27.6. The monoisotopic (exact) mass is 669 g/mol. The summed E-state index contributed by atoms with van der Waals surface area (Å²) < 4.78 is 0. The number of aromatic amines is 2. The van der Waals surface area contributed by atoms with Gasteiger partial charge in [0, 0.05) is 55.9 Å². The van der Waals surface area contributed by atoms with Crippen LogP contribution in [0, 0.1) is 0 Å². The van der Waals surface area contributed by atoms with Crippen molar-refractivity contribution in [3.8, 4) is 33.4 Å². The Morgan fingerprint density at radius 3 is 1.49 bits per heavy atom. The average molecular weight is 670 g/mol. The Bertz CT molecular complexity index is 2530. The van der Waals surface area contributed by atoms with Crippen LogP contribution in [0.3, 0.4) is 0 Å². The van der Waals surface area contributed by atoms with E-state index in [2.05, 4.69) is 180 Å². The first-order valence-corrected chi connectivity index (χ1v) is 16.2. The number of nitrogens with zero attached hydrogens (tertiary/aromatic N) is 2. The molecule has 3 aromatic heterocycles. The molecule has 9 rings (SSSR count). The molecule has 5 heteroatoms. The fourth-order valence-corrected chi connectivity index (χ4v) is 6.78. The van der Waals surface area contributed by atoms with Gasteiger partial charge in [0.2, 0.25) is 0 Å². The van der Waals surface area contributed by atoms with Gasteiger partial charge in [0.25, 0.3) is 0 Å². The Balaban J connectivity index is 0.00000348. The number of aromatic nitrogens is 4. The molecule has 8 bridgehead atoms. The Morgan fingerprint density at radius 2 is 0.898 bits per heavy atom. The van der Waals surface area contributed by atoms with Crippen molar-refractivity contribution in [2.45, 2.75) is 0 Å². The van der Waals surface area contributed by atoms with Gasteiger partial charge in [0.1, 0.15) is 0 Å².